The molecule has 1 aromatic heterocycles. The molecule has 9 heteroatoms. The van der Waals surface area contributed by atoms with Gasteiger partial charge in [0, 0.05) is 73.9 Å². The Morgan fingerprint density at radius 2 is 1.65 bits per heavy atom. The van der Waals surface area contributed by atoms with Gasteiger partial charge in [-0.2, -0.15) is 0 Å². The highest BCUT2D eigenvalue weighted by molar-refractivity contribution is 5.96. The zero-order chi connectivity index (χ0) is 29.9. The Labute approximate surface area is 254 Å². The number of nitrogens with zero attached hydrogens (tertiary/aromatic N) is 4. The Kier molecular flexibility index (Phi) is 8.51. The summed E-state index contributed by atoms with van der Waals surface area (Å²) in [5.74, 6) is 1.45. The van der Waals surface area contributed by atoms with Gasteiger partial charge in [0.15, 0.2) is 0 Å². The average molecular weight is 583 g/mol. The fourth-order valence-corrected chi connectivity index (χ4v) is 6.86. The highest BCUT2D eigenvalue weighted by atomic mass is 16.5. The summed E-state index contributed by atoms with van der Waals surface area (Å²) in [7, 11) is 3.78. The lowest BCUT2D eigenvalue weighted by Crippen LogP contribution is -2.50. The number of ether oxygens (including phenoxy) is 1. The number of carbonyl (C=O) groups excluding carboxylic acids is 2. The van der Waals surface area contributed by atoms with Gasteiger partial charge in [-0.1, -0.05) is 18.2 Å². The summed E-state index contributed by atoms with van der Waals surface area (Å²) in [5, 5.41) is 6.31. The molecule has 0 saturated carbocycles. The minimum absolute atomic E-state index is 0.0475. The number of benzene rings is 2. The summed E-state index contributed by atoms with van der Waals surface area (Å²) in [6, 6.07) is 18.6. The van der Waals surface area contributed by atoms with Gasteiger partial charge in [0.1, 0.15) is 11.6 Å². The average Bonchev–Trinajstić information content (AvgIpc) is 3.30. The van der Waals surface area contributed by atoms with Gasteiger partial charge >= 0.3 is 0 Å². The molecule has 4 heterocycles. The zero-order valence-electron chi connectivity index (χ0n) is 25.4. The molecular formula is C34H42N6O3. The van der Waals surface area contributed by atoms with Crippen LogP contribution < -0.4 is 25.2 Å². The molecule has 3 aromatic rings. The Morgan fingerprint density at radius 3 is 2.30 bits per heavy atom. The van der Waals surface area contributed by atoms with Crippen LogP contribution in [-0.4, -0.2) is 80.2 Å². The standard InChI is InChI=1S/C34H42N6O3/c1-23-30(5-4-6-31(23)43-3)34(42)37-26-19-28-12-13-29(20-26)40(28)32-14-9-25(22-35-32)33(41)36-21-24-7-10-27(11-8-24)39-17-15-38(2)16-18-39/h4-11,14,22,26,28-29H,12-13,15-21H2,1-3H3,(H,36,41)(H,37,42)/t26?,28-,29+. The van der Waals surface area contributed by atoms with Crippen LogP contribution in [-0.2, 0) is 6.54 Å². The number of methoxy groups -OCH3 is 1. The number of fused-ring (bicyclic) bond motifs is 2. The van der Waals surface area contributed by atoms with Crippen molar-refractivity contribution in [2.45, 2.75) is 57.3 Å². The minimum Gasteiger partial charge on any atom is -0.496 e. The summed E-state index contributed by atoms with van der Waals surface area (Å²) in [5.41, 5.74) is 4.38. The van der Waals surface area contributed by atoms with E-state index in [9.17, 15) is 9.59 Å². The van der Waals surface area contributed by atoms with E-state index in [1.54, 1.807) is 13.3 Å². The Bertz CT molecular complexity index is 1420. The van der Waals surface area contributed by atoms with E-state index in [2.05, 4.69) is 56.6 Å². The smallest absolute Gasteiger partial charge is 0.253 e. The van der Waals surface area contributed by atoms with E-state index in [1.165, 1.54) is 5.69 Å². The highest BCUT2D eigenvalue weighted by Gasteiger charge is 2.42. The SMILES string of the molecule is COc1cccc(C(=O)NC2C[C@H]3CC[C@@H](C2)N3c2ccc(C(=O)NCc3ccc(N4CCN(C)CC4)cc3)cn2)c1C. The second-order valence-electron chi connectivity index (χ2n) is 12.1. The zero-order valence-corrected chi connectivity index (χ0v) is 25.4. The second-order valence-corrected chi connectivity index (χ2v) is 12.1. The van der Waals surface area contributed by atoms with Crippen molar-refractivity contribution in [3.63, 3.8) is 0 Å². The first-order valence-electron chi connectivity index (χ1n) is 15.4. The van der Waals surface area contributed by atoms with Crippen LogP contribution in [0.5, 0.6) is 5.75 Å². The molecule has 2 amide bonds. The molecule has 0 aliphatic carbocycles. The number of carbonyl (C=O) groups is 2. The van der Waals surface area contributed by atoms with Gasteiger partial charge in [0.05, 0.1) is 12.7 Å². The van der Waals surface area contributed by atoms with E-state index in [0.29, 0.717) is 29.8 Å². The van der Waals surface area contributed by atoms with Crippen LogP contribution in [0, 0.1) is 6.92 Å². The normalized spacial score (nSPS) is 21.9. The second kappa shape index (κ2) is 12.6. The fourth-order valence-electron chi connectivity index (χ4n) is 6.86. The van der Waals surface area contributed by atoms with Gasteiger partial charge in [0.2, 0.25) is 0 Å². The Hall–Kier alpha value is -4.11. The molecule has 3 atom stereocenters. The van der Waals surface area contributed by atoms with Crippen molar-refractivity contribution >= 4 is 23.3 Å². The van der Waals surface area contributed by atoms with Crippen molar-refractivity contribution < 1.29 is 14.3 Å². The molecule has 0 radical (unpaired) electrons. The lowest BCUT2D eigenvalue weighted by molar-refractivity contribution is 0.0923. The van der Waals surface area contributed by atoms with Gasteiger partial charge in [-0.3, -0.25) is 9.59 Å². The van der Waals surface area contributed by atoms with Crippen molar-refractivity contribution in [1.82, 2.24) is 20.5 Å². The molecule has 1 unspecified atom stereocenters. The van der Waals surface area contributed by atoms with Crippen LogP contribution in [0.2, 0.25) is 0 Å². The Morgan fingerprint density at radius 1 is 0.930 bits per heavy atom. The first-order valence-corrected chi connectivity index (χ1v) is 15.4. The number of hydrogen-bond donors (Lipinski definition) is 2. The van der Waals surface area contributed by atoms with Gasteiger partial charge in [-0.25, -0.2) is 4.98 Å². The summed E-state index contributed by atoms with van der Waals surface area (Å²) < 4.78 is 5.39. The van der Waals surface area contributed by atoms with E-state index in [-0.39, 0.29) is 17.9 Å². The van der Waals surface area contributed by atoms with Crippen LogP contribution in [0.1, 0.15) is 57.5 Å². The molecule has 43 heavy (non-hydrogen) atoms. The fraction of sp³-hybridized carbons (Fsp3) is 0.441. The predicted octanol–water partition coefficient (Wildman–Crippen LogP) is 4.01. The van der Waals surface area contributed by atoms with E-state index < -0.39 is 0 Å². The number of amides is 2. The highest BCUT2D eigenvalue weighted by Crippen LogP contribution is 2.38. The van der Waals surface area contributed by atoms with Gasteiger partial charge < -0.3 is 30.1 Å². The van der Waals surface area contributed by atoms with E-state index in [4.69, 9.17) is 9.72 Å². The quantitative estimate of drug-likeness (QED) is 0.415. The van der Waals surface area contributed by atoms with Crippen LogP contribution in [0.4, 0.5) is 11.5 Å². The Balaban J connectivity index is 1.01. The third kappa shape index (κ3) is 6.32. The molecule has 3 fully saturated rings. The van der Waals surface area contributed by atoms with Crippen LogP contribution in [0.25, 0.3) is 0 Å². The van der Waals surface area contributed by atoms with Crippen molar-refractivity contribution in [3.8, 4) is 5.75 Å². The third-order valence-corrected chi connectivity index (χ3v) is 9.35. The first kappa shape index (κ1) is 29.0. The maximum absolute atomic E-state index is 13.1. The van der Waals surface area contributed by atoms with E-state index in [1.807, 2.05) is 37.3 Å². The summed E-state index contributed by atoms with van der Waals surface area (Å²) >= 11 is 0. The monoisotopic (exact) mass is 582 g/mol. The molecular weight excluding hydrogens is 540 g/mol. The molecule has 0 spiro atoms. The predicted molar refractivity (Wildman–Crippen MR) is 169 cm³/mol. The summed E-state index contributed by atoms with van der Waals surface area (Å²) in [6.07, 6.45) is 5.59. The van der Waals surface area contributed by atoms with E-state index in [0.717, 1.165) is 74.6 Å². The van der Waals surface area contributed by atoms with Gasteiger partial charge in [0.25, 0.3) is 11.8 Å². The number of hydrogen-bond acceptors (Lipinski definition) is 7. The molecule has 226 valence electrons. The molecule has 3 aliphatic rings. The maximum Gasteiger partial charge on any atom is 0.253 e. The number of piperidine rings is 1. The molecule has 3 aliphatic heterocycles. The number of anilines is 2. The number of piperazine rings is 1. The minimum atomic E-state index is -0.126. The van der Waals surface area contributed by atoms with Crippen molar-refractivity contribution in [2.75, 3.05) is 50.1 Å². The van der Waals surface area contributed by atoms with Crippen molar-refractivity contribution in [2.24, 2.45) is 0 Å². The molecule has 9 nitrogen and oxygen atoms in total. The number of rotatable bonds is 8. The molecule has 2 aromatic carbocycles. The number of pyridine rings is 1. The third-order valence-electron chi connectivity index (χ3n) is 9.35. The van der Waals surface area contributed by atoms with Crippen molar-refractivity contribution in [3.05, 3.63) is 83.0 Å². The lowest BCUT2D eigenvalue weighted by atomic mass is 9.96. The first-order chi connectivity index (χ1) is 20.9. The summed E-state index contributed by atoms with van der Waals surface area (Å²) in [6.45, 7) is 6.62. The van der Waals surface area contributed by atoms with Crippen LogP contribution >= 0.6 is 0 Å². The maximum atomic E-state index is 13.1. The number of likely N-dealkylation sites (N-methyl/N-ethyl adjacent to an activating group) is 1. The molecule has 3 saturated heterocycles. The van der Waals surface area contributed by atoms with E-state index >= 15 is 0 Å². The van der Waals surface area contributed by atoms with Crippen LogP contribution in [0.3, 0.4) is 0 Å². The van der Waals surface area contributed by atoms with Gasteiger partial charge in [-0.05, 0) is 81.6 Å². The van der Waals surface area contributed by atoms with Gasteiger partial charge in [-0.15, -0.1) is 0 Å². The molecule has 6 rings (SSSR count). The largest absolute Gasteiger partial charge is 0.496 e. The number of aromatic nitrogens is 1. The topological polar surface area (TPSA) is 90.0 Å². The van der Waals surface area contributed by atoms with Crippen LogP contribution in [0.15, 0.2) is 60.8 Å². The molecule has 2 bridgehead atoms. The number of nitrogens with one attached hydrogen (secondary N) is 2. The lowest BCUT2D eigenvalue weighted by Gasteiger charge is -2.40. The van der Waals surface area contributed by atoms with Crippen molar-refractivity contribution in [1.29, 1.82) is 0 Å². The molecule has 2 N–H and O–H groups in total. The summed E-state index contributed by atoms with van der Waals surface area (Å²) in [4.78, 5) is 37.8.